The van der Waals surface area contributed by atoms with Crippen molar-refractivity contribution in [1.82, 2.24) is 0 Å². The van der Waals surface area contributed by atoms with Crippen LogP contribution in [0.4, 0.5) is 11.4 Å². The Morgan fingerprint density at radius 2 is 0.962 bits per heavy atom. The second kappa shape index (κ2) is 4.98. The quantitative estimate of drug-likeness (QED) is 0.349. The number of nitro benzene ring substituents is 2. The molecule has 0 saturated carbocycles. The van der Waals surface area contributed by atoms with Crippen molar-refractivity contribution in [3.63, 3.8) is 0 Å². The van der Waals surface area contributed by atoms with E-state index in [1.165, 1.54) is 12.1 Å². The molecule has 0 amide bonds. The first-order chi connectivity index (χ1) is 12.6. The fraction of sp³-hybridized carbons (Fsp3) is 0.100. The Bertz CT molecular complexity index is 1030. The van der Waals surface area contributed by atoms with Crippen LogP contribution in [0, 0.1) is 20.2 Å². The zero-order valence-corrected chi connectivity index (χ0v) is 13.5. The molecule has 0 spiro atoms. The van der Waals surface area contributed by atoms with Gasteiger partial charge in [-0.25, -0.2) is 0 Å². The van der Waals surface area contributed by atoms with E-state index in [0.717, 1.165) is 33.4 Å². The van der Waals surface area contributed by atoms with Crippen LogP contribution in [0.15, 0.2) is 60.7 Å². The molecule has 0 aromatic heterocycles. The molecule has 26 heavy (non-hydrogen) atoms. The normalized spacial score (nSPS) is 18.6. The van der Waals surface area contributed by atoms with E-state index in [0.29, 0.717) is 0 Å². The highest BCUT2D eigenvalue weighted by atomic mass is 16.6. The van der Waals surface area contributed by atoms with Crippen molar-refractivity contribution in [1.29, 1.82) is 0 Å². The third kappa shape index (κ3) is 1.81. The molecule has 0 aliphatic heterocycles. The number of rotatable bonds is 2. The van der Waals surface area contributed by atoms with E-state index in [2.05, 4.69) is 0 Å². The third-order valence-corrected chi connectivity index (χ3v) is 5.42. The van der Waals surface area contributed by atoms with Crippen molar-refractivity contribution in [2.75, 3.05) is 0 Å². The van der Waals surface area contributed by atoms with E-state index >= 15 is 0 Å². The molecule has 0 radical (unpaired) electrons. The third-order valence-electron chi connectivity index (χ3n) is 5.42. The SMILES string of the molecule is O=[N+]([O-])c1ccc2c(c1)C1c3ccccc3[C@@H]2c2cc([N+](=O)[O-])ccc21. The Kier molecular flexibility index (Phi) is 2.83. The number of nitrogens with zero attached hydrogens (tertiary/aromatic N) is 2. The molecule has 6 rings (SSSR count). The molecule has 2 bridgehead atoms. The summed E-state index contributed by atoms with van der Waals surface area (Å²) in [7, 11) is 0. The lowest BCUT2D eigenvalue weighted by atomic mass is 9.61. The van der Waals surface area contributed by atoms with E-state index in [4.69, 9.17) is 0 Å². The summed E-state index contributed by atoms with van der Waals surface area (Å²) in [5.41, 5.74) is 6.20. The van der Waals surface area contributed by atoms with Crippen molar-refractivity contribution in [2.24, 2.45) is 0 Å². The number of hydrogen-bond donors (Lipinski definition) is 0. The van der Waals surface area contributed by atoms with Crippen LogP contribution in [-0.4, -0.2) is 9.85 Å². The van der Waals surface area contributed by atoms with Crippen molar-refractivity contribution in [3.8, 4) is 0 Å². The molecule has 2 atom stereocenters. The minimum atomic E-state index is -0.384. The van der Waals surface area contributed by atoms with E-state index in [-0.39, 0.29) is 33.1 Å². The maximum atomic E-state index is 11.2. The Labute approximate surface area is 148 Å². The van der Waals surface area contributed by atoms with Gasteiger partial charge in [-0.15, -0.1) is 0 Å². The minimum absolute atomic E-state index is 0.0669. The first-order valence-electron chi connectivity index (χ1n) is 8.21. The summed E-state index contributed by atoms with van der Waals surface area (Å²) in [6.45, 7) is 0. The van der Waals surface area contributed by atoms with E-state index in [1.54, 1.807) is 24.3 Å². The molecule has 0 fully saturated rings. The molecule has 1 unspecified atom stereocenters. The van der Waals surface area contributed by atoms with Gasteiger partial charge in [0.15, 0.2) is 0 Å². The second-order valence-corrected chi connectivity index (χ2v) is 6.64. The van der Waals surface area contributed by atoms with Gasteiger partial charge in [0.2, 0.25) is 0 Å². The Morgan fingerprint density at radius 3 is 1.35 bits per heavy atom. The summed E-state index contributed by atoms with van der Waals surface area (Å²) < 4.78 is 0. The summed E-state index contributed by atoms with van der Waals surface area (Å²) in [5, 5.41) is 22.5. The average molecular weight is 344 g/mol. The Morgan fingerprint density at radius 1 is 0.577 bits per heavy atom. The number of nitro groups is 2. The van der Waals surface area contributed by atoms with Gasteiger partial charge in [0, 0.05) is 36.1 Å². The van der Waals surface area contributed by atoms with Gasteiger partial charge in [-0.2, -0.15) is 0 Å². The zero-order valence-electron chi connectivity index (χ0n) is 13.5. The van der Waals surface area contributed by atoms with Crippen molar-refractivity contribution in [3.05, 3.63) is 114 Å². The summed E-state index contributed by atoms with van der Waals surface area (Å²) >= 11 is 0. The monoisotopic (exact) mass is 344 g/mol. The van der Waals surface area contributed by atoms with Gasteiger partial charge in [-0.3, -0.25) is 20.2 Å². The van der Waals surface area contributed by atoms with E-state index in [9.17, 15) is 20.2 Å². The molecule has 3 aromatic rings. The summed E-state index contributed by atoms with van der Waals surface area (Å²) in [6.07, 6.45) is 0. The lowest BCUT2D eigenvalue weighted by Crippen LogP contribution is -2.27. The van der Waals surface area contributed by atoms with Gasteiger partial charge in [0.25, 0.3) is 11.4 Å². The van der Waals surface area contributed by atoms with Crippen LogP contribution in [0.3, 0.4) is 0 Å². The molecule has 6 nitrogen and oxygen atoms in total. The number of non-ortho nitro benzene ring substituents is 2. The molecular weight excluding hydrogens is 332 g/mol. The second-order valence-electron chi connectivity index (χ2n) is 6.64. The van der Waals surface area contributed by atoms with Crippen molar-refractivity contribution in [2.45, 2.75) is 11.8 Å². The van der Waals surface area contributed by atoms with Crippen LogP contribution < -0.4 is 0 Å². The number of hydrogen-bond acceptors (Lipinski definition) is 4. The van der Waals surface area contributed by atoms with Crippen LogP contribution in [-0.2, 0) is 0 Å². The fourth-order valence-electron chi connectivity index (χ4n) is 4.42. The van der Waals surface area contributed by atoms with Crippen LogP contribution in [0.1, 0.15) is 45.2 Å². The summed E-state index contributed by atoms with van der Waals surface area (Å²) in [6, 6.07) is 17.9. The van der Waals surface area contributed by atoms with Crippen LogP contribution in [0.2, 0.25) is 0 Å². The zero-order chi connectivity index (χ0) is 18.0. The highest BCUT2D eigenvalue weighted by molar-refractivity contribution is 5.70. The summed E-state index contributed by atoms with van der Waals surface area (Å²) in [5.74, 6) is -0.274. The Balaban J connectivity index is 1.83. The lowest BCUT2D eigenvalue weighted by Gasteiger charge is -2.41. The molecule has 3 aliphatic carbocycles. The van der Waals surface area contributed by atoms with E-state index < -0.39 is 0 Å². The van der Waals surface area contributed by atoms with Crippen LogP contribution in [0.25, 0.3) is 0 Å². The standard InChI is InChI=1S/C20H12N2O4/c23-21(24)11-6-8-16-17(9-11)19-13-3-1-2-4-14(13)20(16)18-10-12(22(25)26)5-7-15(18)19/h1-10,19-20H/t19-,20?/m0/s1. The topological polar surface area (TPSA) is 86.3 Å². The lowest BCUT2D eigenvalue weighted by molar-refractivity contribution is -0.385. The predicted molar refractivity (Wildman–Crippen MR) is 94.5 cm³/mol. The maximum absolute atomic E-state index is 11.2. The first kappa shape index (κ1) is 14.8. The Hall–Kier alpha value is -3.54. The minimum Gasteiger partial charge on any atom is -0.258 e. The average Bonchev–Trinajstić information content (AvgIpc) is 2.66. The van der Waals surface area contributed by atoms with Crippen molar-refractivity contribution < 1.29 is 9.85 Å². The summed E-state index contributed by atoms with van der Waals surface area (Å²) in [4.78, 5) is 21.7. The molecule has 126 valence electrons. The predicted octanol–water partition coefficient (Wildman–Crippen LogP) is 4.49. The van der Waals surface area contributed by atoms with Crippen LogP contribution >= 0.6 is 0 Å². The maximum Gasteiger partial charge on any atom is 0.269 e. The van der Waals surface area contributed by atoms with Gasteiger partial charge < -0.3 is 0 Å². The highest BCUT2D eigenvalue weighted by Crippen LogP contribution is 2.56. The number of benzene rings is 3. The first-order valence-corrected chi connectivity index (χ1v) is 8.21. The molecule has 3 aliphatic rings. The van der Waals surface area contributed by atoms with Gasteiger partial charge in [0.05, 0.1) is 9.85 Å². The molecule has 0 heterocycles. The molecule has 3 aromatic carbocycles. The highest BCUT2D eigenvalue weighted by Gasteiger charge is 2.42. The van der Waals surface area contributed by atoms with Gasteiger partial charge >= 0.3 is 0 Å². The fourth-order valence-corrected chi connectivity index (χ4v) is 4.42. The largest absolute Gasteiger partial charge is 0.269 e. The van der Waals surface area contributed by atoms with Crippen molar-refractivity contribution >= 4 is 11.4 Å². The molecule has 0 saturated heterocycles. The van der Waals surface area contributed by atoms with Gasteiger partial charge in [0.1, 0.15) is 0 Å². The van der Waals surface area contributed by atoms with Crippen LogP contribution in [0.5, 0.6) is 0 Å². The molecule has 0 N–H and O–H groups in total. The molecular formula is C20H12N2O4. The smallest absolute Gasteiger partial charge is 0.258 e. The van der Waals surface area contributed by atoms with Gasteiger partial charge in [-0.05, 0) is 33.4 Å². The molecule has 6 heteroatoms. The van der Waals surface area contributed by atoms with Gasteiger partial charge in [-0.1, -0.05) is 36.4 Å². The van der Waals surface area contributed by atoms with E-state index in [1.807, 2.05) is 24.3 Å².